The molecule has 5 aromatic rings. The van der Waals surface area contributed by atoms with Crippen LogP contribution >= 0.6 is 0 Å². The molecule has 2 aromatic heterocycles. The molecule has 2 heterocycles. The Labute approximate surface area is 193 Å². The van der Waals surface area contributed by atoms with E-state index in [-0.39, 0.29) is 11.6 Å². The van der Waals surface area contributed by atoms with Crippen LogP contribution in [0.25, 0.3) is 16.4 Å². The quantitative estimate of drug-likeness (QED) is 0.263. The van der Waals surface area contributed by atoms with Gasteiger partial charge in [-0.1, -0.05) is 98.3 Å². The molecule has 0 fully saturated rings. The average Bonchev–Trinajstić information content (AvgIpc) is 3.22. The standard InChI is InChI=1S/C30H25NO2/c1-2-3-17-24-27(29(32)22-13-6-4-7-14-22)26-20-19-21-12-10-11-18-25(21)31(26)28(24)30(33)23-15-8-5-9-16-23/h4-16,18-20H,2-3,17H2,1H3. The fourth-order valence-electron chi connectivity index (χ4n) is 4.60. The molecular formula is C30H25NO2. The van der Waals surface area contributed by atoms with Crippen molar-refractivity contribution in [1.82, 2.24) is 4.40 Å². The lowest BCUT2D eigenvalue weighted by atomic mass is 9.94. The summed E-state index contributed by atoms with van der Waals surface area (Å²) in [5.41, 5.74) is 5.05. The van der Waals surface area contributed by atoms with Crippen molar-refractivity contribution in [2.24, 2.45) is 0 Å². The number of nitrogens with zero attached hydrogens (tertiary/aromatic N) is 1. The highest BCUT2D eigenvalue weighted by atomic mass is 16.1. The van der Waals surface area contributed by atoms with E-state index in [0.29, 0.717) is 28.8 Å². The normalized spacial score (nSPS) is 11.2. The summed E-state index contributed by atoms with van der Waals surface area (Å²) in [5, 5.41) is 1.03. The molecule has 0 amide bonds. The van der Waals surface area contributed by atoms with Crippen LogP contribution in [-0.2, 0) is 6.42 Å². The second-order valence-electron chi connectivity index (χ2n) is 8.31. The van der Waals surface area contributed by atoms with Gasteiger partial charge in [0.25, 0.3) is 0 Å². The molecule has 162 valence electrons. The maximum Gasteiger partial charge on any atom is 0.210 e. The number of ketones is 2. The van der Waals surface area contributed by atoms with E-state index in [1.165, 1.54) is 0 Å². The summed E-state index contributed by atoms with van der Waals surface area (Å²) in [6, 6.07) is 30.7. The van der Waals surface area contributed by atoms with E-state index in [4.69, 9.17) is 0 Å². The van der Waals surface area contributed by atoms with Crippen molar-refractivity contribution in [3.63, 3.8) is 0 Å². The SMILES string of the molecule is CCCCc1c(C(=O)c2ccccc2)c2ccc3ccccc3n2c1C(=O)c1ccccc1. The largest absolute Gasteiger partial charge is 0.305 e. The van der Waals surface area contributed by atoms with Crippen molar-refractivity contribution in [1.29, 1.82) is 0 Å². The molecule has 0 spiro atoms. The smallest absolute Gasteiger partial charge is 0.210 e. The van der Waals surface area contributed by atoms with E-state index in [1.807, 2.05) is 101 Å². The van der Waals surface area contributed by atoms with E-state index >= 15 is 0 Å². The van der Waals surface area contributed by atoms with Crippen molar-refractivity contribution in [2.45, 2.75) is 26.2 Å². The first kappa shape index (κ1) is 20.9. The molecule has 0 atom stereocenters. The number of hydrogen-bond acceptors (Lipinski definition) is 2. The van der Waals surface area contributed by atoms with Gasteiger partial charge in [-0.05, 0) is 35.9 Å². The van der Waals surface area contributed by atoms with Crippen molar-refractivity contribution >= 4 is 28.0 Å². The van der Waals surface area contributed by atoms with Crippen LogP contribution in [0.4, 0.5) is 0 Å². The summed E-state index contributed by atoms with van der Waals surface area (Å²) in [6.45, 7) is 2.13. The predicted molar refractivity (Wildman–Crippen MR) is 133 cm³/mol. The molecule has 0 bridgehead atoms. The maximum absolute atomic E-state index is 13.9. The lowest BCUT2D eigenvalue weighted by molar-refractivity contribution is 0.103. The van der Waals surface area contributed by atoms with Gasteiger partial charge in [-0.25, -0.2) is 0 Å². The highest BCUT2D eigenvalue weighted by Crippen LogP contribution is 2.33. The van der Waals surface area contributed by atoms with Crippen molar-refractivity contribution in [2.75, 3.05) is 0 Å². The highest BCUT2D eigenvalue weighted by Gasteiger charge is 2.28. The first-order chi connectivity index (χ1) is 16.2. The molecule has 0 aliphatic carbocycles. The number of unbranched alkanes of at least 4 members (excludes halogenated alkanes) is 1. The second kappa shape index (κ2) is 8.87. The number of aromatic nitrogens is 1. The van der Waals surface area contributed by atoms with Crippen LogP contribution in [0.15, 0.2) is 97.1 Å². The summed E-state index contributed by atoms with van der Waals surface area (Å²) in [6.07, 6.45) is 2.55. The number of benzene rings is 3. The Balaban J connectivity index is 1.89. The molecule has 0 aliphatic heterocycles. The van der Waals surface area contributed by atoms with E-state index in [0.717, 1.165) is 34.8 Å². The van der Waals surface area contributed by atoms with Crippen LogP contribution in [0.3, 0.4) is 0 Å². The first-order valence-corrected chi connectivity index (χ1v) is 11.4. The van der Waals surface area contributed by atoms with Gasteiger partial charge in [0, 0.05) is 11.1 Å². The minimum Gasteiger partial charge on any atom is -0.305 e. The Morgan fingerprint density at radius 3 is 1.94 bits per heavy atom. The van der Waals surface area contributed by atoms with E-state index < -0.39 is 0 Å². The zero-order valence-corrected chi connectivity index (χ0v) is 18.6. The lowest BCUT2D eigenvalue weighted by Crippen LogP contribution is -2.10. The molecule has 3 aromatic carbocycles. The molecule has 3 heteroatoms. The molecule has 3 nitrogen and oxygen atoms in total. The molecular weight excluding hydrogens is 406 g/mol. The van der Waals surface area contributed by atoms with Crippen molar-refractivity contribution in [3.05, 3.63) is 125 Å². The van der Waals surface area contributed by atoms with E-state index in [9.17, 15) is 9.59 Å². The molecule has 0 aliphatic rings. The van der Waals surface area contributed by atoms with Gasteiger partial charge in [0.15, 0.2) is 5.78 Å². The zero-order valence-electron chi connectivity index (χ0n) is 18.6. The Bertz CT molecular complexity index is 1460. The number of para-hydroxylation sites is 1. The lowest BCUT2D eigenvalue weighted by Gasteiger charge is -2.09. The predicted octanol–water partition coefficient (Wildman–Crippen LogP) is 6.90. The van der Waals surface area contributed by atoms with Crippen LogP contribution in [0.5, 0.6) is 0 Å². The molecule has 0 saturated heterocycles. The van der Waals surface area contributed by atoms with Crippen molar-refractivity contribution in [3.8, 4) is 0 Å². The summed E-state index contributed by atoms with van der Waals surface area (Å²) < 4.78 is 2.01. The Hall–Kier alpha value is -3.98. The Morgan fingerprint density at radius 1 is 0.667 bits per heavy atom. The molecule has 5 rings (SSSR count). The summed E-state index contributed by atoms with van der Waals surface area (Å²) in [5.74, 6) is -0.0956. The van der Waals surface area contributed by atoms with Gasteiger partial charge >= 0.3 is 0 Å². The number of pyridine rings is 1. The van der Waals surface area contributed by atoms with Crippen LogP contribution in [0.1, 0.15) is 57.3 Å². The van der Waals surface area contributed by atoms with Gasteiger partial charge in [0.1, 0.15) is 0 Å². The van der Waals surface area contributed by atoms with Crippen LogP contribution < -0.4 is 0 Å². The van der Waals surface area contributed by atoms with E-state index in [2.05, 4.69) is 6.92 Å². The fourth-order valence-corrected chi connectivity index (χ4v) is 4.60. The maximum atomic E-state index is 13.9. The molecule has 33 heavy (non-hydrogen) atoms. The number of rotatable bonds is 7. The topological polar surface area (TPSA) is 38.5 Å². The summed E-state index contributed by atoms with van der Waals surface area (Å²) >= 11 is 0. The number of carbonyl (C=O) groups is 2. The van der Waals surface area contributed by atoms with Gasteiger partial charge in [-0.2, -0.15) is 0 Å². The average molecular weight is 432 g/mol. The molecule has 0 N–H and O–H groups in total. The second-order valence-corrected chi connectivity index (χ2v) is 8.31. The van der Waals surface area contributed by atoms with Crippen LogP contribution in [0.2, 0.25) is 0 Å². The molecule has 0 radical (unpaired) electrons. The van der Waals surface area contributed by atoms with E-state index in [1.54, 1.807) is 0 Å². The first-order valence-electron chi connectivity index (χ1n) is 11.4. The highest BCUT2D eigenvalue weighted by molar-refractivity contribution is 6.19. The van der Waals surface area contributed by atoms with Gasteiger partial charge < -0.3 is 4.40 Å². The number of fused-ring (bicyclic) bond motifs is 3. The Kier molecular flexibility index (Phi) is 5.62. The Morgan fingerprint density at radius 2 is 1.27 bits per heavy atom. The summed E-state index contributed by atoms with van der Waals surface area (Å²) in [7, 11) is 0. The third kappa shape index (κ3) is 3.66. The van der Waals surface area contributed by atoms with Gasteiger partial charge in [0.05, 0.1) is 22.3 Å². The van der Waals surface area contributed by atoms with Gasteiger partial charge in [0.2, 0.25) is 5.78 Å². The number of hydrogen-bond donors (Lipinski definition) is 0. The molecule has 0 unspecified atom stereocenters. The van der Waals surface area contributed by atoms with Gasteiger partial charge in [-0.15, -0.1) is 0 Å². The molecule has 0 saturated carbocycles. The zero-order chi connectivity index (χ0) is 22.8. The third-order valence-corrected chi connectivity index (χ3v) is 6.20. The monoisotopic (exact) mass is 431 g/mol. The minimum atomic E-state index is -0.0554. The van der Waals surface area contributed by atoms with Crippen molar-refractivity contribution < 1.29 is 9.59 Å². The number of carbonyl (C=O) groups excluding carboxylic acids is 2. The minimum absolute atomic E-state index is 0.0402. The van der Waals surface area contributed by atoms with Crippen LogP contribution in [-0.4, -0.2) is 16.0 Å². The van der Waals surface area contributed by atoms with Gasteiger partial charge in [-0.3, -0.25) is 9.59 Å². The van der Waals surface area contributed by atoms with Crippen LogP contribution in [0, 0.1) is 0 Å². The fraction of sp³-hybridized carbons (Fsp3) is 0.133. The third-order valence-electron chi connectivity index (χ3n) is 6.20. The summed E-state index contributed by atoms with van der Waals surface area (Å²) in [4.78, 5) is 27.8.